The fourth-order valence-electron chi connectivity index (χ4n) is 1.96. The number of aromatic nitrogens is 1. The number of hydrogen-bond donors (Lipinski definition) is 1. The first kappa shape index (κ1) is 16.3. The summed E-state index contributed by atoms with van der Waals surface area (Å²) < 4.78 is 61.8. The molecule has 0 atom stereocenters. The van der Waals surface area contributed by atoms with E-state index in [2.05, 4.69) is 10.3 Å². The third-order valence-corrected chi connectivity index (χ3v) is 5.27. The molecule has 0 aliphatic carbocycles. The van der Waals surface area contributed by atoms with Gasteiger partial charge in [-0.2, -0.15) is 13.2 Å². The second-order valence-corrected chi connectivity index (χ2v) is 7.04. The third-order valence-electron chi connectivity index (χ3n) is 3.03. The summed E-state index contributed by atoms with van der Waals surface area (Å²) in [6, 6.07) is 0.781. The predicted octanol–water partition coefficient (Wildman–Crippen LogP) is 2.20. The molecule has 1 aliphatic heterocycles. The molecular weight excluding hydrogens is 331 g/mol. The summed E-state index contributed by atoms with van der Waals surface area (Å²) in [5.74, 6) is 0.230. The highest BCUT2D eigenvalue weighted by Gasteiger charge is 2.31. The molecule has 0 bridgehead atoms. The number of nitrogens with zero attached hydrogens (tertiary/aromatic N) is 2. The Morgan fingerprint density at radius 1 is 1.43 bits per heavy atom. The minimum atomic E-state index is -4.50. The molecule has 0 amide bonds. The van der Waals surface area contributed by atoms with Crippen molar-refractivity contribution in [2.24, 2.45) is 0 Å². The lowest BCUT2D eigenvalue weighted by atomic mass is 10.3. The lowest BCUT2D eigenvalue weighted by Gasteiger charge is -2.15. The first-order valence-electron chi connectivity index (χ1n) is 6.14. The standard InChI is InChI=1S/C11H13ClF3N3O2S/c12-9-6-8(11(13,14)15)7-17-10(9)16-2-4-18-3-1-5-21(18,19)20/h6-7H,1-5H2,(H,16,17). The molecule has 1 fully saturated rings. The summed E-state index contributed by atoms with van der Waals surface area (Å²) in [5, 5.41) is 2.58. The molecule has 0 spiro atoms. The van der Waals surface area contributed by atoms with Crippen molar-refractivity contribution in [2.75, 3.05) is 30.7 Å². The lowest BCUT2D eigenvalue weighted by molar-refractivity contribution is -0.137. The molecule has 0 aromatic carbocycles. The van der Waals surface area contributed by atoms with Gasteiger partial charge in [-0.05, 0) is 12.5 Å². The zero-order chi connectivity index (χ0) is 15.7. The average Bonchev–Trinajstić information content (AvgIpc) is 2.69. The van der Waals surface area contributed by atoms with Gasteiger partial charge in [0.2, 0.25) is 10.0 Å². The molecule has 21 heavy (non-hydrogen) atoms. The van der Waals surface area contributed by atoms with Crippen molar-refractivity contribution in [3.05, 3.63) is 22.8 Å². The summed E-state index contributed by atoms with van der Waals surface area (Å²) >= 11 is 5.73. The van der Waals surface area contributed by atoms with E-state index >= 15 is 0 Å². The fraction of sp³-hybridized carbons (Fsp3) is 0.545. The van der Waals surface area contributed by atoms with Crippen LogP contribution in [0, 0.1) is 0 Å². The van der Waals surface area contributed by atoms with Gasteiger partial charge in [-0.1, -0.05) is 11.6 Å². The first-order valence-corrected chi connectivity index (χ1v) is 8.13. The van der Waals surface area contributed by atoms with Crippen LogP contribution in [-0.2, 0) is 16.2 Å². The van der Waals surface area contributed by atoms with Crippen LogP contribution in [0.4, 0.5) is 19.0 Å². The van der Waals surface area contributed by atoms with Gasteiger partial charge in [0.15, 0.2) is 0 Å². The van der Waals surface area contributed by atoms with E-state index in [-0.39, 0.29) is 29.7 Å². The van der Waals surface area contributed by atoms with Crippen molar-refractivity contribution in [3.63, 3.8) is 0 Å². The van der Waals surface area contributed by atoms with Crippen LogP contribution in [0.1, 0.15) is 12.0 Å². The highest BCUT2D eigenvalue weighted by molar-refractivity contribution is 7.89. The molecule has 118 valence electrons. The SMILES string of the molecule is O=S1(=O)CCCN1CCNc1ncc(C(F)(F)F)cc1Cl. The number of alkyl halides is 3. The predicted molar refractivity (Wildman–Crippen MR) is 72.7 cm³/mol. The highest BCUT2D eigenvalue weighted by atomic mass is 35.5. The van der Waals surface area contributed by atoms with E-state index in [9.17, 15) is 21.6 Å². The Kier molecular flexibility index (Phi) is 4.64. The minimum absolute atomic E-state index is 0.0984. The Labute approximate surface area is 125 Å². The summed E-state index contributed by atoms with van der Waals surface area (Å²) in [4.78, 5) is 3.61. The molecule has 0 radical (unpaired) electrons. The van der Waals surface area contributed by atoms with Gasteiger partial charge in [0.1, 0.15) is 5.82 Å². The largest absolute Gasteiger partial charge is 0.417 e. The van der Waals surface area contributed by atoms with Crippen LogP contribution < -0.4 is 5.32 Å². The number of nitrogens with one attached hydrogen (secondary N) is 1. The molecule has 1 aromatic heterocycles. The van der Waals surface area contributed by atoms with Crippen LogP contribution in [0.15, 0.2) is 12.3 Å². The van der Waals surface area contributed by atoms with Gasteiger partial charge in [0, 0.05) is 25.8 Å². The number of halogens is 4. The highest BCUT2D eigenvalue weighted by Crippen LogP contribution is 2.32. The maximum Gasteiger partial charge on any atom is 0.417 e. The number of anilines is 1. The molecule has 10 heteroatoms. The fourth-order valence-corrected chi connectivity index (χ4v) is 3.73. The van der Waals surface area contributed by atoms with E-state index in [1.54, 1.807) is 0 Å². The molecule has 2 rings (SSSR count). The van der Waals surface area contributed by atoms with E-state index in [4.69, 9.17) is 11.6 Å². The van der Waals surface area contributed by atoms with Crippen molar-refractivity contribution < 1.29 is 21.6 Å². The Morgan fingerprint density at radius 3 is 2.67 bits per heavy atom. The normalized spacial score (nSPS) is 18.9. The zero-order valence-electron chi connectivity index (χ0n) is 10.8. The Morgan fingerprint density at radius 2 is 2.14 bits per heavy atom. The topological polar surface area (TPSA) is 62.3 Å². The summed E-state index contributed by atoms with van der Waals surface area (Å²) in [6.45, 7) is 0.900. The van der Waals surface area contributed by atoms with E-state index in [0.717, 1.165) is 6.07 Å². The van der Waals surface area contributed by atoms with Crippen LogP contribution in [0.5, 0.6) is 0 Å². The Hall–Kier alpha value is -1.06. The average molecular weight is 344 g/mol. The quantitative estimate of drug-likeness (QED) is 0.910. The van der Waals surface area contributed by atoms with Crippen molar-refractivity contribution in [1.82, 2.24) is 9.29 Å². The van der Waals surface area contributed by atoms with Gasteiger partial charge >= 0.3 is 6.18 Å². The summed E-state index contributed by atoms with van der Waals surface area (Å²) in [7, 11) is -3.19. The smallest absolute Gasteiger partial charge is 0.368 e. The van der Waals surface area contributed by atoms with E-state index in [1.165, 1.54) is 4.31 Å². The number of pyridine rings is 1. The maximum atomic E-state index is 12.4. The zero-order valence-corrected chi connectivity index (χ0v) is 12.4. The van der Waals surface area contributed by atoms with E-state index in [0.29, 0.717) is 19.2 Å². The molecule has 1 aliphatic rings. The number of hydrogen-bond acceptors (Lipinski definition) is 4. The van der Waals surface area contributed by atoms with E-state index < -0.39 is 21.8 Å². The van der Waals surface area contributed by atoms with Crippen molar-refractivity contribution in [3.8, 4) is 0 Å². The lowest BCUT2D eigenvalue weighted by Crippen LogP contribution is -2.30. The van der Waals surface area contributed by atoms with Crippen LogP contribution in [0.2, 0.25) is 5.02 Å². The van der Waals surface area contributed by atoms with Gasteiger partial charge in [-0.15, -0.1) is 0 Å². The Bertz CT molecular complexity index is 622. The molecule has 5 nitrogen and oxygen atoms in total. The van der Waals surface area contributed by atoms with Crippen molar-refractivity contribution in [1.29, 1.82) is 0 Å². The molecule has 2 heterocycles. The molecular formula is C11H13ClF3N3O2S. The van der Waals surface area contributed by atoms with Crippen molar-refractivity contribution in [2.45, 2.75) is 12.6 Å². The van der Waals surface area contributed by atoms with Crippen LogP contribution in [0.3, 0.4) is 0 Å². The first-order chi connectivity index (χ1) is 9.70. The molecule has 1 saturated heterocycles. The molecule has 0 saturated carbocycles. The van der Waals surface area contributed by atoms with Gasteiger partial charge in [0.25, 0.3) is 0 Å². The molecule has 0 unspecified atom stereocenters. The molecule has 1 aromatic rings. The maximum absolute atomic E-state index is 12.4. The van der Waals surface area contributed by atoms with Gasteiger partial charge < -0.3 is 5.32 Å². The summed E-state index contributed by atoms with van der Waals surface area (Å²) in [5.41, 5.74) is -0.930. The monoisotopic (exact) mass is 343 g/mol. The van der Waals surface area contributed by atoms with Crippen LogP contribution in [-0.4, -0.2) is 43.1 Å². The molecule has 1 N–H and O–H groups in total. The van der Waals surface area contributed by atoms with Crippen LogP contribution >= 0.6 is 11.6 Å². The Balaban J connectivity index is 1.95. The second kappa shape index (κ2) is 5.98. The van der Waals surface area contributed by atoms with E-state index in [1.807, 2.05) is 0 Å². The van der Waals surface area contributed by atoms with Crippen molar-refractivity contribution >= 4 is 27.4 Å². The summed E-state index contributed by atoms with van der Waals surface area (Å²) in [6.07, 6.45) is -3.23. The van der Waals surface area contributed by atoms with Gasteiger partial charge in [-0.3, -0.25) is 0 Å². The number of rotatable bonds is 4. The second-order valence-electron chi connectivity index (χ2n) is 4.55. The van der Waals surface area contributed by atoms with Crippen LogP contribution in [0.25, 0.3) is 0 Å². The minimum Gasteiger partial charge on any atom is -0.368 e. The number of sulfonamides is 1. The van der Waals surface area contributed by atoms with Gasteiger partial charge in [-0.25, -0.2) is 17.7 Å². The van der Waals surface area contributed by atoms with Gasteiger partial charge in [0.05, 0.1) is 16.3 Å². The third kappa shape index (κ3) is 3.98.